The van der Waals surface area contributed by atoms with Crippen molar-refractivity contribution in [1.29, 1.82) is 0 Å². The zero-order valence-corrected chi connectivity index (χ0v) is 10.9. The Morgan fingerprint density at radius 2 is 2.36 bits per heavy atom. The molecule has 1 aromatic rings. The van der Waals surface area contributed by atoms with Gasteiger partial charge in [-0.2, -0.15) is 0 Å². The highest BCUT2D eigenvalue weighted by Crippen LogP contribution is 2.30. The van der Waals surface area contributed by atoms with Gasteiger partial charge in [0.2, 0.25) is 0 Å². The standard InChI is InChI=1S/C11H16BrNS/c1-2-13(6-9-3-4-9)7-11-5-10(12)8-14-11/h5,8-9H,2-4,6-7H2,1H3. The lowest BCUT2D eigenvalue weighted by Crippen LogP contribution is -2.24. The van der Waals surface area contributed by atoms with Crippen LogP contribution in [0.4, 0.5) is 0 Å². The van der Waals surface area contributed by atoms with Crippen molar-refractivity contribution < 1.29 is 0 Å². The number of halogens is 1. The average molecular weight is 274 g/mol. The van der Waals surface area contributed by atoms with Gasteiger partial charge in [0, 0.05) is 27.8 Å². The SMILES string of the molecule is CCN(Cc1cc(Br)cs1)CC1CC1. The Kier molecular flexibility index (Phi) is 3.63. The molecule has 0 atom stereocenters. The molecule has 1 aromatic heterocycles. The molecule has 1 saturated carbocycles. The van der Waals surface area contributed by atoms with Crippen LogP contribution < -0.4 is 0 Å². The average Bonchev–Trinajstić information content (AvgIpc) is 2.89. The van der Waals surface area contributed by atoms with Gasteiger partial charge in [-0.05, 0) is 47.3 Å². The third-order valence-corrected chi connectivity index (χ3v) is 4.34. The fourth-order valence-electron chi connectivity index (χ4n) is 1.63. The number of hydrogen-bond acceptors (Lipinski definition) is 2. The molecule has 0 spiro atoms. The van der Waals surface area contributed by atoms with Crippen molar-refractivity contribution in [2.75, 3.05) is 13.1 Å². The van der Waals surface area contributed by atoms with E-state index in [9.17, 15) is 0 Å². The van der Waals surface area contributed by atoms with Crippen LogP contribution in [0.15, 0.2) is 15.9 Å². The van der Waals surface area contributed by atoms with Crippen LogP contribution in [-0.4, -0.2) is 18.0 Å². The van der Waals surface area contributed by atoms with E-state index in [1.165, 1.54) is 35.3 Å². The molecule has 1 fully saturated rings. The van der Waals surface area contributed by atoms with E-state index in [1.807, 2.05) is 11.3 Å². The first kappa shape index (κ1) is 10.7. The highest BCUT2D eigenvalue weighted by atomic mass is 79.9. The van der Waals surface area contributed by atoms with E-state index in [4.69, 9.17) is 0 Å². The largest absolute Gasteiger partial charge is 0.298 e. The Hall–Kier alpha value is 0.140. The molecule has 0 N–H and O–H groups in total. The van der Waals surface area contributed by atoms with E-state index in [0.717, 1.165) is 12.5 Å². The summed E-state index contributed by atoms with van der Waals surface area (Å²) in [5.41, 5.74) is 0. The summed E-state index contributed by atoms with van der Waals surface area (Å²) < 4.78 is 1.22. The zero-order valence-electron chi connectivity index (χ0n) is 8.50. The molecule has 0 unspecified atom stereocenters. The van der Waals surface area contributed by atoms with Crippen LogP contribution in [0, 0.1) is 5.92 Å². The molecule has 3 heteroatoms. The van der Waals surface area contributed by atoms with E-state index >= 15 is 0 Å². The minimum absolute atomic E-state index is 0.998. The lowest BCUT2D eigenvalue weighted by molar-refractivity contribution is 0.270. The molecule has 0 saturated heterocycles. The minimum atomic E-state index is 0.998. The number of thiophene rings is 1. The second-order valence-electron chi connectivity index (χ2n) is 4.00. The number of hydrogen-bond donors (Lipinski definition) is 0. The molecule has 0 radical (unpaired) electrons. The predicted molar refractivity (Wildman–Crippen MR) is 65.7 cm³/mol. The quantitative estimate of drug-likeness (QED) is 0.790. The van der Waals surface area contributed by atoms with Gasteiger partial charge in [0.15, 0.2) is 0 Å². The second kappa shape index (κ2) is 4.77. The first-order valence-electron chi connectivity index (χ1n) is 5.23. The van der Waals surface area contributed by atoms with Crippen molar-refractivity contribution in [2.45, 2.75) is 26.3 Å². The lowest BCUT2D eigenvalue weighted by atomic mass is 10.3. The van der Waals surface area contributed by atoms with Crippen molar-refractivity contribution in [3.63, 3.8) is 0 Å². The van der Waals surface area contributed by atoms with Crippen molar-refractivity contribution >= 4 is 27.3 Å². The molecule has 0 amide bonds. The fraction of sp³-hybridized carbons (Fsp3) is 0.636. The van der Waals surface area contributed by atoms with Gasteiger partial charge in [-0.25, -0.2) is 0 Å². The van der Waals surface area contributed by atoms with Crippen LogP contribution in [0.25, 0.3) is 0 Å². The van der Waals surface area contributed by atoms with Crippen LogP contribution in [-0.2, 0) is 6.54 Å². The maximum atomic E-state index is 3.50. The third kappa shape index (κ3) is 3.07. The van der Waals surface area contributed by atoms with Crippen LogP contribution in [0.5, 0.6) is 0 Å². The molecule has 1 aliphatic rings. The Balaban J connectivity index is 1.86. The van der Waals surface area contributed by atoms with Gasteiger partial charge in [-0.15, -0.1) is 11.3 Å². The topological polar surface area (TPSA) is 3.24 Å². The summed E-state index contributed by atoms with van der Waals surface area (Å²) in [6.07, 6.45) is 2.90. The Morgan fingerprint density at radius 1 is 1.57 bits per heavy atom. The van der Waals surface area contributed by atoms with Crippen molar-refractivity contribution in [3.05, 3.63) is 20.8 Å². The van der Waals surface area contributed by atoms with Gasteiger partial charge in [-0.1, -0.05) is 6.92 Å². The van der Waals surface area contributed by atoms with Crippen LogP contribution in [0.1, 0.15) is 24.6 Å². The molecule has 1 nitrogen and oxygen atoms in total. The van der Waals surface area contributed by atoms with E-state index in [0.29, 0.717) is 0 Å². The highest BCUT2D eigenvalue weighted by Gasteiger charge is 2.23. The van der Waals surface area contributed by atoms with Crippen LogP contribution >= 0.6 is 27.3 Å². The van der Waals surface area contributed by atoms with Crippen molar-refractivity contribution in [1.82, 2.24) is 4.90 Å². The molecule has 14 heavy (non-hydrogen) atoms. The maximum Gasteiger partial charge on any atom is 0.0328 e. The van der Waals surface area contributed by atoms with Gasteiger partial charge in [-0.3, -0.25) is 4.90 Å². The minimum Gasteiger partial charge on any atom is -0.298 e. The van der Waals surface area contributed by atoms with E-state index in [2.05, 4.69) is 39.2 Å². The van der Waals surface area contributed by atoms with Gasteiger partial charge in [0.05, 0.1) is 0 Å². The third-order valence-electron chi connectivity index (χ3n) is 2.66. The summed E-state index contributed by atoms with van der Waals surface area (Å²) in [7, 11) is 0. The summed E-state index contributed by atoms with van der Waals surface area (Å²) in [4.78, 5) is 4.02. The summed E-state index contributed by atoms with van der Waals surface area (Å²) in [6, 6.07) is 2.24. The first-order valence-corrected chi connectivity index (χ1v) is 6.90. The molecular formula is C11H16BrNS. The van der Waals surface area contributed by atoms with Gasteiger partial charge < -0.3 is 0 Å². The summed E-state index contributed by atoms with van der Waals surface area (Å²) in [5.74, 6) is 0.998. The summed E-state index contributed by atoms with van der Waals surface area (Å²) in [6.45, 7) is 5.85. The van der Waals surface area contributed by atoms with Gasteiger partial charge in [0.25, 0.3) is 0 Å². The summed E-state index contributed by atoms with van der Waals surface area (Å²) >= 11 is 5.35. The zero-order chi connectivity index (χ0) is 9.97. The first-order chi connectivity index (χ1) is 6.78. The summed E-state index contributed by atoms with van der Waals surface area (Å²) in [5, 5.41) is 2.17. The van der Waals surface area contributed by atoms with E-state index < -0.39 is 0 Å². The second-order valence-corrected chi connectivity index (χ2v) is 5.91. The molecule has 0 aromatic carbocycles. The van der Waals surface area contributed by atoms with Gasteiger partial charge in [0.1, 0.15) is 0 Å². The molecule has 1 aliphatic carbocycles. The lowest BCUT2D eigenvalue weighted by Gasteiger charge is -2.18. The van der Waals surface area contributed by atoms with Crippen LogP contribution in [0.3, 0.4) is 0 Å². The van der Waals surface area contributed by atoms with Crippen LogP contribution in [0.2, 0.25) is 0 Å². The molecule has 2 rings (SSSR count). The van der Waals surface area contributed by atoms with Crippen molar-refractivity contribution in [3.8, 4) is 0 Å². The smallest absolute Gasteiger partial charge is 0.0328 e. The van der Waals surface area contributed by atoms with Gasteiger partial charge >= 0.3 is 0 Å². The normalized spacial score (nSPS) is 16.5. The molecular weight excluding hydrogens is 258 g/mol. The molecule has 0 aliphatic heterocycles. The molecule has 1 heterocycles. The maximum absolute atomic E-state index is 3.50. The molecule has 78 valence electrons. The highest BCUT2D eigenvalue weighted by molar-refractivity contribution is 9.10. The van der Waals surface area contributed by atoms with Crippen molar-refractivity contribution in [2.24, 2.45) is 5.92 Å². The fourth-order valence-corrected chi connectivity index (χ4v) is 3.12. The Labute approximate surface area is 98.2 Å². The molecule has 0 bridgehead atoms. The number of nitrogens with zero attached hydrogens (tertiary/aromatic N) is 1. The predicted octanol–water partition coefficient (Wildman–Crippen LogP) is 3.74. The Bertz CT molecular complexity index is 293. The van der Waals surface area contributed by atoms with E-state index in [1.54, 1.807) is 0 Å². The van der Waals surface area contributed by atoms with E-state index in [-0.39, 0.29) is 0 Å². The monoisotopic (exact) mass is 273 g/mol. The Morgan fingerprint density at radius 3 is 2.86 bits per heavy atom. The number of rotatable bonds is 5.